The molecule has 7 nitrogen and oxygen atoms in total. The number of piperazine rings is 1. The fourth-order valence-corrected chi connectivity index (χ4v) is 4.33. The van der Waals surface area contributed by atoms with Crippen LogP contribution in [-0.2, 0) is 14.8 Å². The van der Waals surface area contributed by atoms with Crippen molar-refractivity contribution in [3.05, 3.63) is 53.9 Å². The van der Waals surface area contributed by atoms with Crippen molar-refractivity contribution >= 4 is 21.6 Å². The van der Waals surface area contributed by atoms with E-state index >= 15 is 0 Å². The number of hydrogen-bond donors (Lipinski definition) is 1. The van der Waals surface area contributed by atoms with Crippen LogP contribution in [0.15, 0.2) is 47.6 Å². The number of sulfonamides is 1. The minimum atomic E-state index is -3.60. The van der Waals surface area contributed by atoms with Crippen molar-refractivity contribution in [3.63, 3.8) is 0 Å². The molecule has 0 bridgehead atoms. The maximum Gasteiger partial charge on any atom is 0.240 e. The number of carbonyl (C=O) groups excluding carboxylic acids is 1. The van der Waals surface area contributed by atoms with Crippen LogP contribution in [0.25, 0.3) is 0 Å². The average molecular weight is 404 g/mol. The van der Waals surface area contributed by atoms with Gasteiger partial charge in [-0.05, 0) is 37.1 Å². The largest absolute Gasteiger partial charge is 0.368 e. The number of benzene rings is 1. The highest BCUT2D eigenvalue weighted by molar-refractivity contribution is 7.89. The molecule has 0 aliphatic carbocycles. The number of amides is 1. The predicted molar refractivity (Wildman–Crippen MR) is 108 cm³/mol. The fourth-order valence-electron chi connectivity index (χ4n) is 3.22. The molecule has 0 spiro atoms. The Morgan fingerprint density at radius 3 is 2.36 bits per heavy atom. The number of carbonyl (C=O) groups is 1. The van der Waals surface area contributed by atoms with E-state index in [9.17, 15) is 13.2 Å². The maximum atomic E-state index is 12.4. The molecule has 3 rings (SSSR count). The molecule has 0 unspecified atom stereocenters. The monoisotopic (exact) mass is 403 g/mol. The van der Waals surface area contributed by atoms with E-state index in [-0.39, 0.29) is 23.8 Å². The zero-order valence-corrected chi connectivity index (χ0v) is 17.1. The maximum absolute atomic E-state index is 12.4. The van der Waals surface area contributed by atoms with Gasteiger partial charge in [0.15, 0.2) is 12.4 Å². The van der Waals surface area contributed by atoms with Gasteiger partial charge in [0.25, 0.3) is 0 Å². The first-order valence-electron chi connectivity index (χ1n) is 9.42. The number of aryl methyl sites for hydroxylation is 2. The number of H-pyrrole nitrogens is 1. The highest BCUT2D eigenvalue weighted by atomic mass is 32.2. The van der Waals surface area contributed by atoms with E-state index in [2.05, 4.69) is 14.6 Å². The van der Waals surface area contributed by atoms with Crippen LogP contribution in [0.2, 0.25) is 0 Å². The van der Waals surface area contributed by atoms with Gasteiger partial charge in [0.05, 0.1) is 4.90 Å². The van der Waals surface area contributed by atoms with Crippen LogP contribution in [-0.4, -0.2) is 51.9 Å². The van der Waals surface area contributed by atoms with Gasteiger partial charge in [-0.2, -0.15) is 0 Å². The van der Waals surface area contributed by atoms with Gasteiger partial charge in [0.1, 0.15) is 0 Å². The predicted octanol–water partition coefficient (Wildman–Crippen LogP) is 1.13. The third kappa shape index (κ3) is 4.88. The van der Waals surface area contributed by atoms with E-state index in [1.807, 2.05) is 38.4 Å². The summed E-state index contributed by atoms with van der Waals surface area (Å²) in [5.74, 6) is -0.0242. The average Bonchev–Trinajstić information content (AvgIpc) is 2.70. The Hall–Kier alpha value is -2.45. The second kappa shape index (κ2) is 8.70. The number of anilines is 1. The van der Waals surface area contributed by atoms with Gasteiger partial charge in [-0.3, -0.25) is 4.79 Å². The molecule has 28 heavy (non-hydrogen) atoms. The summed E-state index contributed by atoms with van der Waals surface area (Å²) in [5.41, 5.74) is 3.10. The van der Waals surface area contributed by atoms with Crippen LogP contribution < -0.4 is 14.6 Å². The normalized spacial score (nSPS) is 14.9. The third-order valence-electron chi connectivity index (χ3n) is 5.12. The van der Waals surface area contributed by atoms with Gasteiger partial charge in [-0.15, -0.1) is 0 Å². The first-order valence-corrected chi connectivity index (χ1v) is 10.9. The van der Waals surface area contributed by atoms with Crippen molar-refractivity contribution < 1.29 is 18.2 Å². The molecule has 0 saturated carbocycles. The number of rotatable bonds is 6. The summed E-state index contributed by atoms with van der Waals surface area (Å²) in [6.45, 7) is 6.73. The number of aromatic amines is 1. The molecule has 1 amide bonds. The van der Waals surface area contributed by atoms with E-state index in [0.717, 1.165) is 29.9 Å². The lowest BCUT2D eigenvalue weighted by atomic mass is 10.1. The first kappa shape index (κ1) is 20.3. The van der Waals surface area contributed by atoms with E-state index in [1.54, 1.807) is 23.1 Å². The Bertz CT molecular complexity index is 924. The summed E-state index contributed by atoms with van der Waals surface area (Å²) in [6.07, 6.45) is 3.92. The minimum absolute atomic E-state index is 0.0242. The Morgan fingerprint density at radius 1 is 1.04 bits per heavy atom. The van der Waals surface area contributed by atoms with E-state index in [1.165, 1.54) is 0 Å². The molecule has 2 N–H and O–H groups in total. The van der Waals surface area contributed by atoms with Crippen LogP contribution in [0.1, 0.15) is 17.5 Å². The lowest BCUT2D eigenvalue weighted by Crippen LogP contribution is -2.49. The molecule has 1 aromatic carbocycles. The highest BCUT2D eigenvalue weighted by Gasteiger charge is 2.22. The SMILES string of the molecule is Cc1ccc(S(=O)(=O)NCCC(=O)N2CCN(c3cc[nH+]cc3)CC2)cc1C. The molecule has 150 valence electrons. The third-order valence-corrected chi connectivity index (χ3v) is 6.58. The summed E-state index contributed by atoms with van der Waals surface area (Å²) in [6, 6.07) is 9.06. The molecule has 0 radical (unpaired) electrons. The zero-order valence-electron chi connectivity index (χ0n) is 16.3. The Kier molecular flexibility index (Phi) is 6.31. The second-order valence-electron chi connectivity index (χ2n) is 7.02. The van der Waals surface area contributed by atoms with Crippen LogP contribution in [0.3, 0.4) is 0 Å². The van der Waals surface area contributed by atoms with Crippen molar-refractivity contribution in [2.24, 2.45) is 0 Å². The van der Waals surface area contributed by atoms with Gasteiger partial charge in [-0.1, -0.05) is 6.07 Å². The molecule has 8 heteroatoms. The van der Waals surface area contributed by atoms with E-state index in [0.29, 0.717) is 13.1 Å². The van der Waals surface area contributed by atoms with Crippen LogP contribution in [0.5, 0.6) is 0 Å². The van der Waals surface area contributed by atoms with Crippen molar-refractivity contribution in [2.45, 2.75) is 25.2 Å². The van der Waals surface area contributed by atoms with Gasteiger partial charge < -0.3 is 9.80 Å². The number of pyridine rings is 1. The van der Waals surface area contributed by atoms with E-state index < -0.39 is 10.0 Å². The van der Waals surface area contributed by atoms with Crippen molar-refractivity contribution in [1.29, 1.82) is 0 Å². The highest BCUT2D eigenvalue weighted by Crippen LogP contribution is 2.16. The molecular formula is C20H27N4O3S+. The molecular weight excluding hydrogens is 376 g/mol. The fraction of sp³-hybridized carbons (Fsp3) is 0.400. The smallest absolute Gasteiger partial charge is 0.240 e. The standard InChI is InChI=1S/C20H26N4O3S/c1-16-3-4-19(15-17(16)2)28(26,27)22-10-7-20(25)24-13-11-23(12-14-24)18-5-8-21-9-6-18/h3-6,8-9,15,22H,7,10-14H2,1-2H3/p+1. The zero-order chi connectivity index (χ0) is 20.1. The first-order chi connectivity index (χ1) is 13.4. The van der Waals surface area contributed by atoms with Gasteiger partial charge in [0.2, 0.25) is 15.9 Å². The van der Waals surface area contributed by atoms with Gasteiger partial charge >= 0.3 is 0 Å². The van der Waals surface area contributed by atoms with Crippen molar-refractivity contribution in [2.75, 3.05) is 37.6 Å². The minimum Gasteiger partial charge on any atom is -0.368 e. The summed E-state index contributed by atoms with van der Waals surface area (Å²) >= 11 is 0. The van der Waals surface area contributed by atoms with Gasteiger partial charge in [0, 0.05) is 57.0 Å². The Morgan fingerprint density at radius 2 is 1.71 bits per heavy atom. The lowest BCUT2D eigenvalue weighted by molar-refractivity contribution is -0.377. The number of nitrogens with zero attached hydrogens (tertiary/aromatic N) is 2. The number of hydrogen-bond acceptors (Lipinski definition) is 4. The number of aromatic nitrogens is 1. The molecule has 1 aromatic heterocycles. The second-order valence-corrected chi connectivity index (χ2v) is 8.79. The van der Waals surface area contributed by atoms with Crippen LogP contribution >= 0.6 is 0 Å². The molecule has 1 saturated heterocycles. The Labute approximate surface area is 166 Å². The molecule has 2 aromatic rings. The lowest BCUT2D eigenvalue weighted by Gasteiger charge is -2.35. The van der Waals surface area contributed by atoms with Crippen molar-refractivity contribution in [1.82, 2.24) is 9.62 Å². The van der Waals surface area contributed by atoms with E-state index in [4.69, 9.17) is 0 Å². The molecule has 2 heterocycles. The van der Waals surface area contributed by atoms with Gasteiger partial charge in [-0.25, -0.2) is 18.1 Å². The molecule has 0 atom stereocenters. The topological polar surface area (TPSA) is 83.9 Å². The van der Waals surface area contributed by atoms with Crippen LogP contribution in [0, 0.1) is 13.8 Å². The summed E-state index contributed by atoms with van der Waals surface area (Å²) in [7, 11) is -3.60. The summed E-state index contributed by atoms with van der Waals surface area (Å²) < 4.78 is 27.4. The molecule has 1 aliphatic rings. The molecule has 1 fully saturated rings. The summed E-state index contributed by atoms with van der Waals surface area (Å²) in [4.78, 5) is 19.7. The summed E-state index contributed by atoms with van der Waals surface area (Å²) in [5, 5.41) is 0. The van der Waals surface area contributed by atoms with Crippen LogP contribution in [0.4, 0.5) is 5.69 Å². The molecule has 1 aliphatic heterocycles. The number of nitrogens with one attached hydrogen (secondary N) is 2. The Balaban J connectivity index is 1.47. The quantitative estimate of drug-likeness (QED) is 0.784. The van der Waals surface area contributed by atoms with Crippen molar-refractivity contribution in [3.8, 4) is 0 Å².